The van der Waals surface area contributed by atoms with Crippen LogP contribution in [0.5, 0.6) is 0 Å². The van der Waals surface area contributed by atoms with Crippen LogP contribution in [-0.2, 0) is 11.3 Å². The number of hydrogen-bond donors (Lipinski definition) is 2. The van der Waals surface area contributed by atoms with Gasteiger partial charge in [0.2, 0.25) is 0 Å². The molecule has 1 fully saturated rings. The number of hydrogen-bond acceptors (Lipinski definition) is 3. The predicted octanol–water partition coefficient (Wildman–Crippen LogP) is 1.93. The molecule has 118 valence electrons. The van der Waals surface area contributed by atoms with E-state index in [1.165, 1.54) is 6.07 Å². The van der Waals surface area contributed by atoms with Crippen molar-refractivity contribution in [2.75, 3.05) is 19.7 Å². The number of aliphatic imine (C=N–C) groups is 1. The van der Waals surface area contributed by atoms with Crippen LogP contribution in [0.3, 0.4) is 0 Å². The molecular formula is C16H21FN4O. The maximum atomic E-state index is 13.8. The van der Waals surface area contributed by atoms with Crippen molar-refractivity contribution < 1.29 is 9.13 Å². The molecule has 1 aliphatic heterocycles. The van der Waals surface area contributed by atoms with Gasteiger partial charge in [-0.15, -0.1) is 0 Å². The molecule has 1 atom stereocenters. The summed E-state index contributed by atoms with van der Waals surface area (Å²) in [5, 5.41) is 15.1. The SMILES string of the molecule is CCNC(=NCc1ccc(C#N)cc1F)NCC1CCCO1. The zero-order valence-electron chi connectivity index (χ0n) is 12.7. The van der Waals surface area contributed by atoms with Gasteiger partial charge in [0.1, 0.15) is 5.82 Å². The molecule has 0 saturated carbocycles. The van der Waals surface area contributed by atoms with Gasteiger partial charge < -0.3 is 15.4 Å². The topological polar surface area (TPSA) is 69.4 Å². The Morgan fingerprint density at radius 2 is 2.36 bits per heavy atom. The largest absolute Gasteiger partial charge is 0.376 e. The van der Waals surface area contributed by atoms with Crippen LogP contribution in [0.15, 0.2) is 23.2 Å². The second kappa shape index (κ2) is 8.35. The average Bonchev–Trinajstić information content (AvgIpc) is 3.04. The van der Waals surface area contributed by atoms with E-state index in [2.05, 4.69) is 15.6 Å². The number of nitrogens with zero attached hydrogens (tertiary/aromatic N) is 2. The van der Waals surface area contributed by atoms with Crippen LogP contribution in [0, 0.1) is 17.1 Å². The molecule has 1 aliphatic rings. The van der Waals surface area contributed by atoms with Crippen molar-refractivity contribution in [1.82, 2.24) is 10.6 Å². The molecule has 0 spiro atoms. The first kappa shape index (κ1) is 16.2. The highest BCUT2D eigenvalue weighted by Crippen LogP contribution is 2.12. The van der Waals surface area contributed by atoms with E-state index in [0.29, 0.717) is 23.6 Å². The number of nitriles is 1. The van der Waals surface area contributed by atoms with E-state index in [-0.39, 0.29) is 12.6 Å². The van der Waals surface area contributed by atoms with E-state index in [4.69, 9.17) is 10.00 Å². The van der Waals surface area contributed by atoms with Gasteiger partial charge in [0, 0.05) is 25.3 Å². The Hall–Kier alpha value is -2.13. The van der Waals surface area contributed by atoms with Gasteiger partial charge in [0.15, 0.2) is 5.96 Å². The summed E-state index contributed by atoms with van der Waals surface area (Å²) in [6, 6.07) is 6.35. The van der Waals surface area contributed by atoms with Gasteiger partial charge in [-0.3, -0.25) is 0 Å². The molecule has 5 nitrogen and oxygen atoms in total. The van der Waals surface area contributed by atoms with Gasteiger partial charge in [0.05, 0.1) is 24.3 Å². The molecule has 1 heterocycles. The Bertz CT molecular complexity index is 562. The standard InChI is InChI=1S/C16H21FN4O/c1-2-19-16(21-11-14-4-3-7-22-14)20-10-13-6-5-12(9-18)8-15(13)17/h5-6,8,14H,2-4,7,10-11H2,1H3,(H2,19,20,21). The van der Waals surface area contributed by atoms with Gasteiger partial charge in [-0.25, -0.2) is 9.38 Å². The molecule has 1 aromatic rings. The second-order valence-corrected chi connectivity index (χ2v) is 5.13. The lowest BCUT2D eigenvalue weighted by atomic mass is 10.1. The zero-order chi connectivity index (χ0) is 15.8. The van der Waals surface area contributed by atoms with Crippen LogP contribution in [-0.4, -0.2) is 31.8 Å². The molecule has 0 aromatic heterocycles. The monoisotopic (exact) mass is 304 g/mol. The lowest BCUT2D eigenvalue weighted by Gasteiger charge is -2.14. The van der Waals surface area contributed by atoms with Crippen molar-refractivity contribution in [2.45, 2.75) is 32.4 Å². The Morgan fingerprint density at radius 1 is 1.50 bits per heavy atom. The van der Waals surface area contributed by atoms with Crippen LogP contribution >= 0.6 is 0 Å². The summed E-state index contributed by atoms with van der Waals surface area (Å²) in [5.41, 5.74) is 0.780. The fraction of sp³-hybridized carbons (Fsp3) is 0.500. The molecule has 1 aromatic carbocycles. The highest BCUT2D eigenvalue weighted by atomic mass is 19.1. The highest BCUT2D eigenvalue weighted by molar-refractivity contribution is 5.79. The Morgan fingerprint density at radius 3 is 3.00 bits per heavy atom. The van der Waals surface area contributed by atoms with Crippen molar-refractivity contribution >= 4 is 5.96 Å². The molecule has 6 heteroatoms. The summed E-state index contributed by atoms with van der Waals surface area (Å²) in [7, 11) is 0. The van der Waals surface area contributed by atoms with Crippen LogP contribution in [0.4, 0.5) is 4.39 Å². The van der Waals surface area contributed by atoms with Gasteiger partial charge >= 0.3 is 0 Å². The van der Waals surface area contributed by atoms with E-state index >= 15 is 0 Å². The summed E-state index contributed by atoms with van der Waals surface area (Å²) in [5.74, 6) is 0.236. The molecule has 1 unspecified atom stereocenters. The van der Waals surface area contributed by atoms with Crippen molar-refractivity contribution in [1.29, 1.82) is 5.26 Å². The van der Waals surface area contributed by atoms with Crippen molar-refractivity contribution in [3.05, 3.63) is 35.1 Å². The molecule has 1 saturated heterocycles. The van der Waals surface area contributed by atoms with E-state index in [0.717, 1.165) is 26.0 Å². The quantitative estimate of drug-likeness (QED) is 0.644. The first-order valence-electron chi connectivity index (χ1n) is 7.55. The van der Waals surface area contributed by atoms with Gasteiger partial charge in [-0.1, -0.05) is 6.07 Å². The number of ether oxygens (including phenoxy) is 1. The lowest BCUT2D eigenvalue weighted by molar-refractivity contribution is 0.114. The average molecular weight is 304 g/mol. The molecule has 0 radical (unpaired) electrons. The number of guanidine groups is 1. The number of rotatable bonds is 5. The van der Waals surface area contributed by atoms with Crippen molar-refractivity contribution in [2.24, 2.45) is 4.99 Å². The first-order valence-corrected chi connectivity index (χ1v) is 7.55. The lowest BCUT2D eigenvalue weighted by Crippen LogP contribution is -2.41. The summed E-state index contributed by atoms with van der Waals surface area (Å²) in [6.45, 7) is 4.44. The number of benzene rings is 1. The number of halogens is 1. The third-order valence-electron chi connectivity index (χ3n) is 3.46. The van der Waals surface area contributed by atoms with Crippen molar-refractivity contribution in [3.8, 4) is 6.07 Å². The summed E-state index contributed by atoms with van der Waals surface area (Å²) < 4.78 is 19.4. The normalized spacial score (nSPS) is 18.0. The van der Waals surface area contributed by atoms with Crippen LogP contribution in [0.1, 0.15) is 30.9 Å². The smallest absolute Gasteiger partial charge is 0.191 e. The van der Waals surface area contributed by atoms with Crippen LogP contribution in [0.25, 0.3) is 0 Å². The number of nitrogens with one attached hydrogen (secondary N) is 2. The minimum atomic E-state index is -0.405. The summed E-state index contributed by atoms with van der Waals surface area (Å²) >= 11 is 0. The molecule has 2 rings (SSSR count). The van der Waals surface area contributed by atoms with E-state index in [1.54, 1.807) is 12.1 Å². The fourth-order valence-corrected chi connectivity index (χ4v) is 2.27. The second-order valence-electron chi connectivity index (χ2n) is 5.13. The van der Waals surface area contributed by atoms with Crippen LogP contribution < -0.4 is 10.6 Å². The van der Waals surface area contributed by atoms with E-state index in [1.807, 2.05) is 13.0 Å². The Labute approximate surface area is 130 Å². The first-order chi connectivity index (χ1) is 10.7. The van der Waals surface area contributed by atoms with Gasteiger partial charge in [-0.2, -0.15) is 5.26 Å². The maximum Gasteiger partial charge on any atom is 0.191 e. The van der Waals surface area contributed by atoms with Crippen LogP contribution in [0.2, 0.25) is 0 Å². The molecule has 0 amide bonds. The Kier molecular flexibility index (Phi) is 6.16. The van der Waals surface area contributed by atoms with E-state index < -0.39 is 5.82 Å². The molecule has 0 aliphatic carbocycles. The third kappa shape index (κ3) is 4.71. The minimum Gasteiger partial charge on any atom is -0.376 e. The molecular weight excluding hydrogens is 283 g/mol. The zero-order valence-corrected chi connectivity index (χ0v) is 12.7. The fourth-order valence-electron chi connectivity index (χ4n) is 2.27. The molecule has 22 heavy (non-hydrogen) atoms. The van der Waals surface area contributed by atoms with Crippen molar-refractivity contribution in [3.63, 3.8) is 0 Å². The van der Waals surface area contributed by atoms with E-state index in [9.17, 15) is 4.39 Å². The maximum absolute atomic E-state index is 13.8. The molecule has 0 bridgehead atoms. The van der Waals surface area contributed by atoms with Gasteiger partial charge in [-0.05, 0) is 31.9 Å². The summed E-state index contributed by atoms with van der Waals surface area (Å²) in [4.78, 5) is 4.38. The highest BCUT2D eigenvalue weighted by Gasteiger charge is 2.15. The predicted molar refractivity (Wildman–Crippen MR) is 82.9 cm³/mol. The van der Waals surface area contributed by atoms with Gasteiger partial charge in [0.25, 0.3) is 0 Å². The minimum absolute atomic E-state index is 0.218. The Balaban J connectivity index is 1.95. The third-order valence-corrected chi connectivity index (χ3v) is 3.46. The summed E-state index contributed by atoms with van der Waals surface area (Å²) in [6.07, 6.45) is 2.36. The molecule has 2 N–H and O–H groups in total.